The SMILES string of the molecule is Cc1cc(NCCc2nc(C)cs2)ccn1. The molecule has 0 saturated heterocycles. The summed E-state index contributed by atoms with van der Waals surface area (Å²) < 4.78 is 0. The van der Waals surface area contributed by atoms with Crippen molar-refractivity contribution in [1.29, 1.82) is 0 Å². The van der Waals surface area contributed by atoms with Crippen LogP contribution in [0.4, 0.5) is 5.69 Å². The molecule has 0 unspecified atom stereocenters. The maximum atomic E-state index is 4.43. The van der Waals surface area contributed by atoms with Gasteiger partial charge in [-0.1, -0.05) is 0 Å². The van der Waals surface area contributed by atoms with Crippen molar-refractivity contribution in [2.24, 2.45) is 0 Å². The van der Waals surface area contributed by atoms with E-state index in [9.17, 15) is 0 Å². The van der Waals surface area contributed by atoms with Crippen molar-refractivity contribution in [1.82, 2.24) is 9.97 Å². The van der Waals surface area contributed by atoms with E-state index in [2.05, 4.69) is 20.7 Å². The molecule has 0 saturated carbocycles. The van der Waals surface area contributed by atoms with Gasteiger partial charge < -0.3 is 5.32 Å². The van der Waals surface area contributed by atoms with Gasteiger partial charge in [0.05, 0.1) is 5.01 Å². The molecule has 0 aromatic carbocycles. The molecule has 2 aromatic rings. The van der Waals surface area contributed by atoms with E-state index < -0.39 is 0 Å². The fourth-order valence-corrected chi connectivity index (χ4v) is 2.26. The predicted octanol–water partition coefficient (Wildman–Crippen LogP) is 2.81. The maximum Gasteiger partial charge on any atom is 0.0945 e. The van der Waals surface area contributed by atoms with Gasteiger partial charge in [0.25, 0.3) is 0 Å². The predicted molar refractivity (Wildman–Crippen MR) is 68.0 cm³/mol. The average molecular weight is 233 g/mol. The highest BCUT2D eigenvalue weighted by molar-refractivity contribution is 7.09. The van der Waals surface area contributed by atoms with Crippen LogP contribution in [-0.2, 0) is 6.42 Å². The number of thiazole rings is 1. The van der Waals surface area contributed by atoms with Crippen LogP contribution in [0.3, 0.4) is 0 Å². The number of aromatic nitrogens is 2. The van der Waals surface area contributed by atoms with Crippen molar-refractivity contribution < 1.29 is 0 Å². The molecule has 1 N–H and O–H groups in total. The number of aryl methyl sites for hydroxylation is 2. The van der Waals surface area contributed by atoms with E-state index in [0.29, 0.717) is 0 Å². The molecule has 16 heavy (non-hydrogen) atoms. The number of rotatable bonds is 4. The zero-order chi connectivity index (χ0) is 11.4. The standard InChI is InChI=1S/C12H15N3S/c1-9-7-11(3-5-13-9)14-6-4-12-15-10(2)8-16-12/h3,5,7-8H,4,6H2,1-2H3,(H,13,14). The van der Waals surface area contributed by atoms with Crippen molar-refractivity contribution in [2.75, 3.05) is 11.9 Å². The van der Waals surface area contributed by atoms with Gasteiger partial charge in [-0.05, 0) is 26.0 Å². The van der Waals surface area contributed by atoms with Crippen molar-refractivity contribution in [3.63, 3.8) is 0 Å². The van der Waals surface area contributed by atoms with Gasteiger partial charge in [0.15, 0.2) is 0 Å². The van der Waals surface area contributed by atoms with Crippen molar-refractivity contribution in [3.05, 3.63) is 40.1 Å². The van der Waals surface area contributed by atoms with E-state index in [1.165, 1.54) is 5.01 Å². The zero-order valence-electron chi connectivity index (χ0n) is 9.53. The van der Waals surface area contributed by atoms with E-state index in [-0.39, 0.29) is 0 Å². The molecular weight excluding hydrogens is 218 g/mol. The van der Waals surface area contributed by atoms with Crippen LogP contribution >= 0.6 is 11.3 Å². The second kappa shape index (κ2) is 5.07. The first-order valence-corrected chi connectivity index (χ1v) is 6.19. The lowest BCUT2D eigenvalue weighted by Gasteiger charge is -2.04. The van der Waals surface area contributed by atoms with Gasteiger partial charge in [-0.3, -0.25) is 4.98 Å². The Bertz CT molecular complexity index is 465. The molecule has 84 valence electrons. The highest BCUT2D eigenvalue weighted by atomic mass is 32.1. The highest BCUT2D eigenvalue weighted by Crippen LogP contribution is 2.11. The first kappa shape index (κ1) is 11.1. The molecule has 0 aliphatic heterocycles. The molecule has 2 heterocycles. The summed E-state index contributed by atoms with van der Waals surface area (Å²) in [5.74, 6) is 0. The van der Waals surface area contributed by atoms with E-state index in [1.54, 1.807) is 11.3 Å². The van der Waals surface area contributed by atoms with Crippen molar-refractivity contribution >= 4 is 17.0 Å². The summed E-state index contributed by atoms with van der Waals surface area (Å²) in [7, 11) is 0. The van der Waals surface area contributed by atoms with Crippen LogP contribution in [0.5, 0.6) is 0 Å². The minimum absolute atomic E-state index is 0.913. The molecule has 0 spiro atoms. The Morgan fingerprint density at radius 1 is 1.31 bits per heavy atom. The average Bonchev–Trinajstić information content (AvgIpc) is 2.64. The molecular formula is C12H15N3S. The summed E-state index contributed by atoms with van der Waals surface area (Å²) in [6.07, 6.45) is 2.80. The minimum atomic E-state index is 0.913. The summed E-state index contributed by atoms with van der Waals surface area (Å²) >= 11 is 1.72. The number of pyridine rings is 1. The molecule has 0 atom stereocenters. The van der Waals surface area contributed by atoms with Gasteiger partial charge in [0.2, 0.25) is 0 Å². The normalized spacial score (nSPS) is 10.4. The van der Waals surface area contributed by atoms with E-state index in [4.69, 9.17) is 0 Å². The molecule has 0 aliphatic carbocycles. The number of nitrogens with zero attached hydrogens (tertiary/aromatic N) is 2. The van der Waals surface area contributed by atoms with Crippen LogP contribution < -0.4 is 5.32 Å². The minimum Gasteiger partial charge on any atom is -0.385 e. The fraction of sp³-hybridized carbons (Fsp3) is 0.333. The molecule has 0 amide bonds. The number of nitrogens with one attached hydrogen (secondary N) is 1. The van der Waals surface area contributed by atoms with Crippen LogP contribution in [0.1, 0.15) is 16.4 Å². The smallest absolute Gasteiger partial charge is 0.0945 e. The molecule has 0 aliphatic rings. The topological polar surface area (TPSA) is 37.8 Å². The largest absolute Gasteiger partial charge is 0.385 e. The first-order valence-electron chi connectivity index (χ1n) is 5.31. The molecule has 4 heteroatoms. The molecule has 2 aromatic heterocycles. The summed E-state index contributed by atoms with van der Waals surface area (Å²) in [6.45, 7) is 4.94. The second-order valence-corrected chi connectivity index (χ2v) is 4.69. The third-order valence-electron chi connectivity index (χ3n) is 2.23. The Hall–Kier alpha value is -1.42. The van der Waals surface area contributed by atoms with Crippen LogP contribution in [0.2, 0.25) is 0 Å². The lowest BCUT2D eigenvalue weighted by molar-refractivity contribution is 0.985. The summed E-state index contributed by atoms with van der Waals surface area (Å²) in [6, 6.07) is 4.03. The van der Waals surface area contributed by atoms with E-state index >= 15 is 0 Å². The van der Waals surface area contributed by atoms with Crippen LogP contribution in [0.15, 0.2) is 23.7 Å². The van der Waals surface area contributed by atoms with Gasteiger partial charge in [-0.25, -0.2) is 4.98 Å². The van der Waals surface area contributed by atoms with E-state index in [0.717, 1.165) is 30.0 Å². The van der Waals surface area contributed by atoms with Crippen molar-refractivity contribution in [3.8, 4) is 0 Å². The van der Waals surface area contributed by atoms with E-state index in [1.807, 2.05) is 32.2 Å². The number of hydrogen-bond acceptors (Lipinski definition) is 4. The van der Waals surface area contributed by atoms with Gasteiger partial charge in [-0.2, -0.15) is 0 Å². The summed E-state index contributed by atoms with van der Waals surface area (Å²) in [5, 5.41) is 6.65. The third-order valence-corrected chi connectivity index (χ3v) is 3.26. The quantitative estimate of drug-likeness (QED) is 0.882. The van der Waals surface area contributed by atoms with Gasteiger partial charge in [0, 0.05) is 41.6 Å². The number of hydrogen-bond donors (Lipinski definition) is 1. The van der Waals surface area contributed by atoms with Gasteiger partial charge >= 0.3 is 0 Å². The Balaban J connectivity index is 1.84. The second-order valence-electron chi connectivity index (χ2n) is 3.75. The Labute approximate surface area is 99.6 Å². The lowest BCUT2D eigenvalue weighted by Crippen LogP contribution is -2.04. The lowest BCUT2D eigenvalue weighted by atomic mass is 10.3. The molecule has 0 radical (unpaired) electrons. The number of anilines is 1. The Kier molecular flexibility index (Phi) is 3.51. The van der Waals surface area contributed by atoms with Crippen LogP contribution in [0, 0.1) is 13.8 Å². The monoisotopic (exact) mass is 233 g/mol. The Morgan fingerprint density at radius 2 is 2.19 bits per heavy atom. The molecule has 2 rings (SSSR count). The maximum absolute atomic E-state index is 4.43. The van der Waals surface area contributed by atoms with Gasteiger partial charge in [-0.15, -0.1) is 11.3 Å². The summed E-state index contributed by atoms with van der Waals surface area (Å²) in [5.41, 5.74) is 3.27. The fourth-order valence-electron chi connectivity index (χ4n) is 1.49. The molecule has 0 fully saturated rings. The van der Waals surface area contributed by atoms with Crippen molar-refractivity contribution in [2.45, 2.75) is 20.3 Å². The van der Waals surface area contributed by atoms with Crippen LogP contribution in [-0.4, -0.2) is 16.5 Å². The highest BCUT2D eigenvalue weighted by Gasteiger charge is 1.98. The van der Waals surface area contributed by atoms with Gasteiger partial charge in [0.1, 0.15) is 0 Å². The Morgan fingerprint density at radius 3 is 2.88 bits per heavy atom. The molecule has 3 nitrogen and oxygen atoms in total. The zero-order valence-corrected chi connectivity index (χ0v) is 10.3. The van der Waals surface area contributed by atoms with Crippen LogP contribution in [0.25, 0.3) is 0 Å². The molecule has 0 bridgehead atoms. The third kappa shape index (κ3) is 3.03. The summed E-state index contributed by atoms with van der Waals surface area (Å²) in [4.78, 5) is 8.58. The first-order chi connectivity index (χ1) is 7.74.